The Kier molecular flexibility index (Phi) is 3.73. The second kappa shape index (κ2) is 5.05. The quantitative estimate of drug-likeness (QED) is 0.686. The zero-order valence-corrected chi connectivity index (χ0v) is 10.7. The Balaban J connectivity index is 2.39. The third kappa shape index (κ3) is 2.63. The van der Waals surface area contributed by atoms with Crippen LogP contribution in [0.5, 0.6) is 0 Å². The largest absolute Gasteiger partial charge is 0.467 e. The van der Waals surface area contributed by atoms with Crippen LogP contribution >= 0.6 is 0 Å². The molecule has 0 heterocycles. The van der Waals surface area contributed by atoms with Gasteiger partial charge in [0.15, 0.2) is 0 Å². The number of carbonyl (C=O) groups excluding carboxylic acids is 1. The van der Waals surface area contributed by atoms with Crippen molar-refractivity contribution in [1.82, 2.24) is 5.32 Å². The molecule has 0 radical (unpaired) electrons. The number of hydrogen-bond acceptors (Lipinski definition) is 3. The van der Waals surface area contributed by atoms with Crippen molar-refractivity contribution in [3.63, 3.8) is 0 Å². The topological polar surface area (TPSA) is 38.3 Å². The van der Waals surface area contributed by atoms with Gasteiger partial charge in [0.1, 0.15) is 11.4 Å². The summed E-state index contributed by atoms with van der Waals surface area (Å²) < 4.78 is 55.0. The summed E-state index contributed by atoms with van der Waals surface area (Å²) in [6.45, 7) is -1.32. The molecule has 1 aromatic rings. The van der Waals surface area contributed by atoms with Crippen LogP contribution in [0.1, 0.15) is 17.5 Å². The SMILES string of the molecule is COC(=O)C1(NCC(F)(F)F)CCc2cc(F)ccc21. The van der Waals surface area contributed by atoms with E-state index in [1.807, 2.05) is 0 Å². The van der Waals surface area contributed by atoms with Crippen molar-refractivity contribution < 1.29 is 27.1 Å². The molecule has 1 aliphatic carbocycles. The van der Waals surface area contributed by atoms with Crippen molar-refractivity contribution in [2.75, 3.05) is 13.7 Å². The average molecular weight is 291 g/mol. The summed E-state index contributed by atoms with van der Waals surface area (Å²) in [6, 6.07) is 3.68. The Labute approximate surface area is 112 Å². The Hall–Kier alpha value is -1.63. The molecule has 1 unspecified atom stereocenters. The summed E-state index contributed by atoms with van der Waals surface area (Å²) in [5.74, 6) is -1.28. The molecule has 0 fully saturated rings. The number of rotatable bonds is 3. The number of methoxy groups -OCH3 is 1. The van der Waals surface area contributed by atoms with Crippen LogP contribution in [0.2, 0.25) is 0 Å². The molecule has 20 heavy (non-hydrogen) atoms. The molecule has 1 atom stereocenters. The molecular formula is C13H13F4NO2. The number of halogens is 4. The van der Waals surface area contributed by atoms with E-state index in [9.17, 15) is 22.4 Å². The number of aryl methyl sites for hydroxylation is 1. The highest BCUT2D eigenvalue weighted by atomic mass is 19.4. The van der Waals surface area contributed by atoms with Crippen molar-refractivity contribution in [2.24, 2.45) is 0 Å². The standard InChI is InChI=1S/C13H13F4NO2/c1-20-11(19)12(18-7-13(15,16)17)5-4-8-6-9(14)2-3-10(8)12/h2-3,6,18H,4-5,7H2,1H3. The van der Waals surface area contributed by atoms with Gasteiger partial charge in [0, 0.05) is 0 Å². The first-order chi connectivity index (χ1) is 9.28. The molecule has 1 N–H and O–H groups in total. The monoisotopic (exact) mass is 291 g/mol. The summed E-state index contributed by atoms with van der Waals surface area (Å²) in [5, 5.41) is 2.24. The van der Waals surface area contributed by atoms with E-state index < -0.39 is 30.0 Å². The lowest BCUT2D eigenvalue weighted by molar-refractivity contribution is -0.154. The second-order valence-corrected chi connectivity index (χ2v) is 4.67. The number of carbonyl (C=O) groups is 1. The van der Waals surface area contributed by atoms with Gasteiger partial charge in [0.05, 0.1) is 13.7 Å². The maximum atomic E-state index is 13.2. The van der Waals surface area contributed by atoms with E-state index in [-0.39, 0.29) is 6.42 Å². The number of benzene rings is 1. The highest BCUT2D eigenvalue weighted by Gasteiger charge is 2.48. The molecule has 0 bridgehead atoms. The van der Waals surface area contributed by atoms with Crippen LogP contribution in [0.3, 0.4) is 0 Å². The fourth-order valence-corrected chi connectivity index (χ4v) is 2.54. The van der Waals surface area contributed by atoms with Gasteiger partial charge in [-0.25, -0.2) is 9.18 Å². The molecule has 0 saturated heterocycles. The first-order valence-electron chi connectivity index (χ1n) is 5.97. The number of hydrogen-bond donors (Lipinski definition) is 1. The van der Waals surface area contributed by atoms with Gasteiger partial charge < -0.3 is 4.74 Å². The summed E-state index contributed by atoms with van der Waals surface area (Å²) in [5.41, 5.74) is -0.701. The second-order valence-electron chi connectivity index (χ2n) is 4.67. The van der Waals surface area contributed by atoms with E-state index in [4.69, 9.17) is 0 Å². The fraction of sp³-hybridized carbons (Fsp3) is 0.462. The van der Waals surface area contributed by atoms with Gasteiger partial charge in [-0.2, -0.15) is 13.2 Å². The molecule has 0 saturated carbocycles. The van der Waals surface area contributed by atoms with Crippen molar-refractivity contribution in [3.8, 4) is 0 Å². The Bertz CT molecular complexity index is 530. The smallest absolute Gasteiger partial charge is 0.401 e. The lowest BCUT2D eigenvalue weighted by Gasteiger charge is -2.29. The summed E-state index contributed by atoms with van der Waals surface area (Å²) in [4.78, 5) is 12.0. The summed E-state index contributed by atoms with van der Waals surface area (Å²) >= 11 is 0. The van der Waals surface area contributed by atoms with Gasteiger partial charge in [-0.05, 0) is 36.1 Å². The Morgan fingerprint density at radius 2 is 2.15 bits per heavy atom. The maximum absolute atomic E-state index is 13.2. The number of nitrogens with one attached hydrogen (secondary N) is 1. The predicted octanol–water partition coefficient (Wildman–Crippen LogP) is 2.29. The van der Waals surface area contributed by atoms with Gasteiger partial charge >= 0.3 is 12.1 Å². The van der Waals surface area contributed by atoms with E-state index in [0.29, 0.717) is 17.5 Å². The minimum Gasteiger partial charge on any atom is -0.467 e. The van der Waals surface area contributed by atoms with E-state index in [2.05, 4.69) is 10.1 Å². The van der Waals surface area contributed by atoms with Crippen LogP contribution in [-0.2, 0) is 21.5 Å². The average Bonchev–Trinajstić information content (AvgIpc) is 2.74. The minimum absolute atomic E-state index is 0.106. The van der Waals surface area contributed by atoms with Crippen LogP contribution in [0, 0.1) is 5.82 Å². The van der Waals surface area contributed by atoms with Crippen molar-refractivity contribution in [3.05, 3.63) is 35.1 Å². The fourth-order valence-electron chi connectivity index (χ4n) is 2.54. The molecule has 1 aliphatic rings. The highest BCUT2D eigenvalue weighted by Crippen LogP contribution is 2.38. The van der Waals surface area contributed by atoms with Gasteiger partial charge in [0.2, 0.25) is 0 Å². The number of ether oxygens (including phenoxy) is 1. The third-order valence-electron chi connectivity index (χ3n) is 3.42. The van der Waals surface area contributed by atoms with Crippen molar-refractivity contribution >= 4 is 5.97 Å². The highest BCUT2D eigenvalue weighted by molar-refractivity contribution is 5.84. The maximum Gasteiger partial charge on any atom is 0.401 e. The van der Waals surface area contributed by atoms with E-state index in [1.54, 1.807) is 0 Å². The number of fused-ring (bicyclic) bond motifs is 1. The molecule has 0 spiro atoms. The molecule has 0 amide bonds. The Morgan fingerprint density at radius 3 is 2.75 bits per heavy atom. The summed E-state index contributed by atoms with van der Waals surface area (Å²) in [7, 11) is 1.11. The molecule has 0 aliphatic heterocycles. The molecule has 0 aromatic heterocycles. The van der Waals surface area contributed by atoms with Gasteiger partial charge in [-0.1, -0.05) is 6.07 Å². The Morgan fingerprint density at radius 1 is 1.45 bits per heavy atom. The van der Waals surface area contributed by atoms with Crippen LogP contribution in [0.4, 0.5) is 17.6 Å². The number of esters is 1. The van der Waals surface area contributed by atoms with Crippen LogP contribution in [0.15, 0.2) is 18.2 Å². The molecule has 2 rings (SSSR count). The molecule has 7 heteroatoms. The van der Waals surface area contributed by atoms with E-state index in [0.717, 1.165) is 13.2 Å². The molecule has 1 aromatic carbocycles. The lowest BCUT2D eigenvalue weighted by atomic mass is 9.91. The zero-order chi connectivity index (χ0) is 15.0. The van der Waals surface area contributed by atoms with Crippen molar-refractivity contribution in [2.45, 2.75) is 24.6 Å². The van der Waals surface area contributed by atoms with E-state index >= 15 is 0 Å². The summed E-state index contributed by atoms with van der Waals surface area (Å²) in [6.07, 6.45) is -4.04. The van der Waals surface area contributed by atoms with Gasteiger partial charge in [-0.15, -0.1) is 0 Å². The molecule has 110 valence electrons. The predicted molar refractivity (Wildman–Crippen MR) is 62.5 cm³/mol. The van der Waals surface area contributed by atoms with Gasteiger partial charge in [-0.3, -0.25) is 5.32 Å². The third-order valence-corrected chi connectivity index (χ3v) is 3.42. The number of alkyl halides is 3. The molecule has 3 nitrogen and oxygen atoms in total. The van der Waals surface area contributed by atoms with Gasteiger partial charge in [0.25, 0.3) is 0 Å². The van der Waals surface area contributed by atoms with Crippen LogP contribution in [-0.4, -0.2) is 25.8 Å². The van der Waals surface area contributed by atoms with Crippen LogP contribution in [0.25, 0.3) is 0 Å². The molecular weight excluding hydrogens is 278 g/mol. The first kappa shape index (κ1) is 14.8. The van der Waals surface area contributed by atoms with Crippen LogP contribution < -0.4 is 5.32 Å². The van der Waals surface area contributed by atoms with E-state index in [1.165, 1.54) is 12.1 Å². The first-order valence-corrected chi connectivity index (χ1v) is 5.97. The zero-order valence-electron chi connectivity index (χ0n) is 10.7. The minimum atomic E-state index is -4.45. The lowest BCUT2D eigenvalue weighted by Crippen LogP contribution is -2.51. The van der Waals surface area contributed by atoms with Crippen molar-refractivity contribution in [1.29, 1.82) is 0 Å². The normalized spacial score (nSPS) is 21.6.